The molecular formula is C19H21ClN2O. The van der Waals surface area contributed by atoms with Crippen LogP contribution >= 0.6 is 12.4 Å². The molecule has 23 heavy (non-hydrogen) atoms. The summed E-state index contributed by atoms with van der Waals surface area (Å²) in [7, 11) is 3.93. The minimum Gasteiger partial charge on any atom is -0.326 e. The summed E-state index contributed by atoms with van der Waals surface area (Å²) in [5.74, 6) is 0.0499. The van der Waals surface area contributed by atoms with Crippen LogP contribution in [0.25, 0.3) is 21.5 Å². The van der Waals surface area contributed by atoms with Gasteiger partial charge in [-0.1, -0.05) is 30.3 Å². The third-order valence-corrected chi connectivity index (χ3v) is 3.77. The van der Waals surface area contributed by atoms with Gasteiger partial charge in [-0.05, 0) is 59.9 Å². The molecule has 0 bridgehead atoms. The van der Waals surface area contributed by atoms with Crippen molar-refractivity contribution in [3.8, 4) is 0 Å². The smallest absolute Gasteiger partial charge is 0.225 e. The lowest BCUT2D eigenvalue weighted by atomic mass is 10.0. The third-order valence-electron chi connectivity index (χ3n) is 3.77. The number of halogens is 1. The van der Waals surface area contributed by atoms with Crippen LogP contribution in [-0.4, -0.2) is 31.4 Å². The van der Waals surface area contributed by atoms with Crippen molar-refractivity contribution < 1.29 is 4.79 Å². The van der Waals surface area contributed by atoms with Gasteiger partial charge < -0.3 is 10.2 Å². The van der Waals surface area contributed by atoms with Gasteiger partial charge in [0.2, 0.25) is 5.91 Å². The first-order valence-electron chi connectivity index (χ1n) is 7.49. The molecule has 120 valence electrons. The first-order chi connectivity index (χ1) is 10.6. The van der Waals surface area contributed by atoms with Crippen molar-refractivity contribution in [3.05, 3.63) is 54.6 Å². The highest BCUT2D eigenvalue weighted by Crippen LogP contribution is 2.25. The number of benzene rings is 3. The van der Waals surface area contributed by atoms with E-state index in [1.165, 1.54) is 16.2 Å². The summed E-state index contributed by atoms with van der Waals surface area (Å²) < 4.78 is 0. The number of hydrogen-bond acceptors (Lipinski definition) is 2. The fourth-order valence-corrected chi connectivity index (χ4v) is 2.57. The van der Waals surface area contributed by atoms with Crippen molar-refractivity contribution in [2.45, 2.75) is 6.42 Å². The molecule has 3 aromatic rings. The molecule has 0 aliphatic rings. The van der Waals surface area contributed by atoms with Crippen molar-refractivity contribution in [1.29, 1.82) is 0 Å². The van der Waals surface area contributed by atoms with Crippen molar-refractivity contribution >= 4 is 45.5 Å². The Kier molecular flexibility index (Phi) is 5.59. The van der Waals surface area contributed by atoms with Gasteiger partial charge >= 0.3 is 0 Å². The van der Waals surface area contributed by atoms with E-state index < -0.39 is 0 Å². The fraction of sp³-hybridized carbons (Fsp3) is 0.211. The van der Waals surface area contributed by atoms with E-state index in [-0.39, 0.29) is 18.3 Å². The maximum absolute atomic E-state index is 11.9. The molecule has 0 saturated heterocycles. The van der Waals surface area contributed by atoms with Crippen LogP contribution in [0.1, 0.15) is 6.42 Å². The van der Waals surface area contributed by atoms with E-state index >= 15 is 0 Å². The molecule has 0 radical (unpaired) electrons. The molecule has 0 aromatic heterocycles. The number of rotatable bonds is 4. The Hall–Kier alpha value is -2.10. The topological polar surface area (TPSA) is 32.3 Å². The van der Waals surface area contributed by atoms with Crippen LogP contribution in [0.3, 0.4) is 0 Å². The van der Waals surface area contributed by atoms with E-state index in [1.54, 1.807) is 0 Å². The molecule has 0 saturated carbocycles. The van der Waals surface area contributed by atoms with Gasteiger partial charge in [-0.3, -0.25) is 4.79 Å². The van der Waals surface area contributed by atoms with Crippen molar-refractivity contribution in [2.24, 2.45) is 0 Å². The van der Waals surface area contributed by atoms with Gasteiger partial charge in [0.1, 0.15) is 0 Å². The van der Waals surface area contributed by atoms with Crippen LogP contribution < -0.4 is 5.32 Å². The first kappa shape index (κ1) is 17.3. The zero-order chi connectivity index (χ0) is 15.5. The maximum atomic E-state index is 11.9. The van der Waals surface area contributed by atoms with Crippen molar-refractivity contribution in [3.63, 3.8) is 0 Å². The van der Waals surface area contributed by atoms with Crippen LogP contribution in [0.4, 0.5) is 5.69 Å². The number of anilines is 1. The number of hydrogen-bond donors (Lipinski definition) is 1. The summed E-state index contributed by atoms with van der Waals surface area (Å²) in [4.78, 5) is 13.9. The predicted molar refractivity (Wildman–Crippen MR) is 101 cm³/mol. The van der Waals surface area contributed by atoms with Gasteiger partial charge in [0.25, 0.3) is 0 Å². The van der Waals surface area contributed by atoms with E-state index in [9.17, 15) is 4.79 Å². The highest BCUT2D eigenvalue weighted by atomic mass is 35.5. The fourth-order valence-electron chi connectivity index (χ4n) is 2.57. The first-order valence-corrected chi connectivity index (χ1v) is 7.49. The SMILES string of the molecule is CN(C)CCC(=O)Nc1ccc2cc3ccccc3cc2c1.Cl. The summed E-state index contributed by atoms with van der Waals surface area (Å²) in [6.45, 7) is 0.754. The Bertz CT molecular complexity index is 830. The van der Waals surface area contributed by atoms with E-state index in [2.05, 4.69) is 35.6 Å². The Morgan fingerprint density at radius 3 is 2.17 bits per heavy atom. The van der Waals surface area contributed by atoms with Gasteiger partial charge in [0.15, 0.2) is 0 Å². The maximum Gasteiger partial charge on any atom is 0.225 e. The van der Waals surface area contributed by atoms with Gasteiger partial charge in [-0.25, -0.2) is 0 Å². The normalized spacial score (nSPS) is 10.7. The standard InChI is InChI=1S/C19H20N2O.ClH/c1-21(2)10-9-19(22)20-18-8-7-16-11-14-5-3-4-6-15(14)12-17(16)13-18;/h3-8,11-13H,9-10H2,1-2H3,(H,20,22);1H. The molecule has 4 heteroatoms. The van der Waals surface area contributed by atoms with Crippen LogP contribution in [-0.2, 0) is 4.79 Å². The number of carbonyl (C=O) groups excluding carboxylic acids is 1. The average Bonchev–Trinajstić information content (AvgIpc) is 2.51. The Balaban J connectivity index is 0.00000192. The number of nitrogens with one attached hydrogen (secondary N) is 1. The van der Waals surface area contributed by atoms with Crippen molar-refractivity contribution in [2.75, 3.05) is 26.0 Å². The van der Waals surface area contributed by atoms with E-state index in [1.807, 2.05) is 43.3 Å². The lowest BCUT2D eigenvalue weighted by molar-refractivity contribution is -0.116. The van der Waals surface area contributed by atoms with Crippen LogP contribution in [0.15, 0.2) is 54.6 Å². The largest absolute Gasteiger partial charge is 0.326 e. The molecule has 0 heterocycles. The van der Waals surface area contributed by atoms with E-state index in [0.29, 0.717) is 6.42 Å². The second kappa shape index (κ2) is 7.44. The predicted octanol–water partition coefficient (Wildman–Crippen LogP) is 4.31. The van der Waals surface area contributed by atoms with Crippen molar-refractivity contribution in [1.82, 2.24) is 4.90 Å². The van der Waals surface area contributed by atoms with Gasteiger partial charge in [-0.15, -0.1) is 12.4 Å². The Morgan fingerprint density at radius 1 is 0.913 bits per heavy atom. The number of amides is 1. The Morgan fingerprint density at radius 2 is 1.52 bits per heavy atom. The summed E-state index contributed by atoms with van der Waals surface area (Å²) >= 11 is 0. The second-order valence-corrected chi connectivity index (χ2v) is 5.86. The van der Waals surface area contributed by atoms with Gasteiger partial charge in [-0.2, -0.15) is 0 Å². The number of carbonyl (C=O) groups is 1. The minimum absolute atomic E-state index is 0. The van der Waals surface area contributed by atoms with Crippen LogP contribution in [0.5, 0.6) is 0 Å². The van der Waals surface area contributed by atoms with E-state index in [4.69, 9.17) is 0 Å². The highest BCUT2D eigenvalue weighted by Gasteiger charge is 2.04. The Labute approximate surface area is 142 Å². The molecule has 3 nitrogen and oxygen atoms in total. The summed E-state index contributed by atoms with van der Waals surface area (Å²) in [5, 5.41) is 7.75. The van der Waals surface area contributed by atoms with Crippen LogP contribution in [0.2, 0.25) is 0 Å². The van der Waals surface area contributed by atoms with E-state index in [0.717, 1.165) is 17.6 Å². The molecular weight excluding hydrogens is 308 g/mol. The molecule has 0 spiro atoms. The lowest BCUT2D eigenvalue weighted by Crippen LogP contribution is -2.20. The summed E-state index contributed by atoms with van der Waals surface area (Å²) in [5.41, 5.74) is 0.853. The summed E-state index contributed by atoms with van der Waals surface area (Å²) in [6, 6.07) is 18.7. The molecule has 0 atom stereocenters. The molecule has 1 N–H and O–H groups in total. The molecule has 1 amide bonds. The lowest BCUT2D eigenvalue weighted by Gasteiger charge is -2.10. The minimum atomic E-state index is 0. The van der Waals surface area contributed by atoms with Gasteiger partial charge in [0, 0.05) is 18.7 Å². The highest BCUT2D eigenvalue weighted by molar-refractivity contribution is 6.00. The third kappa shape index (κ3) is 4.21. The van der Waals surface area contributed by atoms with Gasteiger partial charge in [0.05, 0.1) is 0 Å². The average molecular weight is 329 g/mol. The molecule has 0 fully saturated rings. The monoisotopic (exact) mass is 328 g/mol. The van der Waals surface area contributed by atoms with Crippen LogP contribution in [0, 0.1) is 0 Å². The molecule has 0 aliphatic carbocycles. The number of nitrogens with zero attached hydrogens (tertiary/aromatic N) is 1. The molecule has 0 aliphatic heterocycles. The molecule has 3 rings (SSSR count). The zero-order valence-corrected chi connectivity index (χ0v) is 14.2. The molecule has 3 aromatic carbocycles. The second-order valence-electron chi connectivity index (χ2n) is 5.86. The number of fused-ring (bicyclic) bond motifs is 2. The quantitative estimate of drug-likeness (QED) is 0.724. The zero-order valence-electron chi connectivity index (χ0n) is 13.4. The summed E-state index contributed by atoms with van der Waals surface area (Å²) in [6.07, 6.45) is 0.503. The molecule has 0 unspecified atom stereocenters.